The van der Waals surface area contributed by atoms with Gasteiger partial charge in [-0.3, -0.25) is 4.79 Å². The molecule has 0 aliphatic carbocycles. The van der Waals surface area contributed by atoms with E-state index in [9.17, 15) is 4.79 Å². The molecule has 0 spiro atoms. The minimum Gasteiger partial charge on any atom is -0.378 e. The number of hydrogen-bond donors (Lipinski definition) is 0. The fourth-order valence-corrected chi connectivity index (χ4v) is 4.02. The highest BCUT2D eigenvalue weighted by molar-refractivity contribution is 5.78. The van der Waals surface area contributed by atoms with Crippen LogP contribution < -0.4 is 4.90 Å². The smallest absolute Gasteiger partial charge is 0.225 e. The number of piperazine rings is 1. The Labute approximate surface area is 186 Å². The molecular weight excluding hydrogens is 388 g/mol. The predicted octanol–water partition coefficient (Wildman–Crippen LogP) is 3.95. The van der Waals surface area contributed by atoms with Gasteiger partial charge in [-0.05, 0) is 12.5 Å². The topological polar surface area (TPSA) is 58.6 Å². The third-order valence-corrected chi connectivity index (χ3v) is 5.73. The molecule has 0 radical (unpaired) electrons. The Morgan fingerprint density at radius 2 is 1.81 bits per heavy atom. The van der Waals surface area contributed by atoms with Gasteiger partial charge in [0.05, 0.1) is 12.3 Å². The van der Waals surface area contributed by atoms with Gasteiger partial charge >= 0.3 is 0 Å². The van der Waals surface area contributed by atoms with Gasteiger partial charge in [0.1, 0.15) is 11.6 Å². The van der Waals surface area contributed by atoms with Gasteiger partial charge < -0.3 is 14.5 Å². The lowest BCUT2D eigenvalue weighted by atomic mass is 10.0. The van der Waals surface area contributed by atoms with Crippen LogP contribution in [0.2, 0.25) is 0 Å². The molecule has 1 fully saturated rings. The van der Waals surface area contributed by atoms with E-state index >= 15 is 0 Å². The third-order valence-electron chi connectivity index (χ3n) is 5.73. The number of aryl methyl sites for hydroxylation is 1. The number of methoxy groups -OCH3 is 1. The molecule has 31 heavy (non-hydrogen) atoms. The lowest BCUT2D eigenvalue weighted by Gasteiger charge is -2.37. The molecule has 6 nitrogen and oxygen atoms in total. The molecule has 0 unspecified atom stereocenters. The molecule has 1 aliphatic heterocycles. The van der Waals surface area contributed by atoms with Crippen LogP contribution in [0.15, 0.2) is 24.3 Å². The molecule has 1 aromatic carbocycles. The van der Waals surface area contributed by atoms with E-state index in [0.29, 0.717) is 6.61 Å². The van der Waals surface area contributed by atoms with Crippen LogP contribution in [0.5, 0.6) is 0 Å². The van der Waals surface area contributed by atoms with E-state index in [-0.39, 0.29) is 17.7 Å². The summed E-state index contributed by atoms with van der Waals surface area (Å²) in [6.07, 6.45) is 0.763. The molecule has 0 saturated carbocycles. The van der Waals surface area contributed by atoms with Crippen molar-refractivity contribution in [2.45, 2.75) is 53.6 Å². The van der Waals surface area contributed by atoms with Gasteiger partial charge in [0, 0.05) is 57.1 Å². The van der Waals surface area contributed by atoms with Crippen molar-refractivity contribution in [2.24, 2.45) is 5.92 Å². The molecule has 168 valence electrons. The van der Waals surface area contributed by atoms with Gasteiger partial charge in [-0.1, -0.05) is 57.5 Å². The molecular formula is C25H36N4O2. The number of ether oxygens (including phenoxy) is 1. The first-order chi connectivity index (χ1) is 14.8. The first-order valence-electron chi connectivity index (χ1n) is 11.3. The maximum atomic E-state index is 12.4. The zero-order valence-electron chi connectivity index (χ0n) is 19.8. The number of hydrogen-bond acceptors (Lipinski definition) is 5. The van der Waals surface area contributed by atoms with Crippen LogP contribution >= 0.6 is 0 Å². The Morgan fingerprint density at radius 3 is 2.39 bits per heavy atom. The summed E-state index contributed by atoms with van der Waals surface area (Å²) in [5, 5.41) is 0. The molecule has 1 aliphatic rings. The average Bonchev–Trinajstić information content (AvgIpc) is 2.74. The van der Waals surface area contributed by atoms with E-state index in [2.05, 4.69) is 49.9 Å². The quantitative estimate of drug-likeness (QED) is 0.674. The fourth-order valence-electron chi connectivity index (χ4n) is 4.02. The van der Waals surface area contributed by atoms with Crippen molar-refractivity contribution in [3.05, 3.63) is 52.5 Å². The van der Waals surface area contributed by atoms with Gasteiger partial charge in [-0.25, -0.2) is 9.97 Å². The first kappa shape index (κ1) is 23.2. The number of nitrogens with zero attached hydrogens (tertiary/aromatic N) is 4. The van der Waals surface area contributed by atoms with Crippen molar-refractivity contribution >= 4 is 11.7 Å². The summed E-state index contributed by atoms with van der Waals surface area (Å²) in [7, 11) is 1.71. The molecule has 3 rings (SSSR count). The second kappa shape index (κ2) is 10.2. The minimum atomic E-state index is 0.0309. The van der Waals surface area contributed by atoms with E-state index in [4.69, 9.17) is 14.7 Å². The van der Waals surface area contributed by atoms with Crippen LogP contribution in [0, 0.1) is 12.8 Å². The molecule has 0 N–H and O–H groups in total. The van der Waals surface area contributed by atoms with Gasteiger partial charge in [-0.15, -0.1) is 0 Å². The number of carbonyl (C=O) groups excluding carboxylic acids is 1. The van der Waals surface area contributed by atoms with Crippen molar-refractivity contribution in [1.29, 1.82) is 0 Å². The number of anilines is 1. The van der Waals surface area contributed by atoms with Gasteiger partial charge in [-0.2, -0.15) is 0 Å². The normalized spacial score (nSPS) is 14.6. The Kier molecular flexibility index (Phi) is 7.65. The maximum Gasteiger partial charge on any atom is 0.225 e. The predicted molar refractivity (Wildman–Crippen MR) is 124 cm³/mol. The average molecular weight is 425 g/mol. The lowest BCUT2D eigenvalue weighted by molar-refractivity contribution is -0.134. The van der Waals surface area contributed by atoms with Crippen LogP contribution in [-0.2, 0) is 22.6 Å². The van der Waals surface area contributed by atoms with Crippen LogP contribution in [0.1, 0.15) is 61.8 Å². The second-order valence-electron chi connectivity index (χ2n) is 9.05. The molecule has 0 bridgehead atoms. The zero-order chi connectivity index (χ0) is 22.5. The SMILES string of the molecule is COCc1nc(C(C)C)nc(N2CCN(C(=O)C(C)C)CC2)c1Cc1cccc(C)c1. The number of aromatic nitrogens is 2. The van der Waals surface area contributed by atoms with E-state index in [1.165, 1.54) is 11.1 Å². The molecule has 1 saturated heterocycles. The van der Waals surface area contributed by atoms with Crippen molar-refractivity contribution in [2.75, 3.05) is 38.2 Å². The summed E-state index contributed by atoms with van der Waals surface area (Å²) < 4.78 is 5.52. The zero-order valence-corrected chi connectivity index (χ0v) is 19.8. The molecule has 2 aromatic rings. The van der Waals surface area contributed by atoms with Gasteiger partial charge in [0.15, 0.2) is 0 Å². The summed E-state index contributed by atoms with van der Waals surface area (Å²) in [6.45, 7) is 13.7. The van der Waals surface area contributed by atoms with E-state index < -0.39 is 0 Å². The van der Waals surface area contributed by atoms with E-state index in [0.717, 1.165) is 55.5 Å². The summed E-state index contributed by atoms with van der Waals surface area (Å²) in [5.41, 5.74) is 4.57. The maximum absolute atomic E-state index is 12.4. The molecule has 1 amide bonds. The van der Waals surface area contributed by atoms with Gasteiger partial charge in [0.2, 0.25) is 5.91 Å². The summed E-state index contributed by atoms with van der Waals surface area (Å²) >= 11 is 0. The first-order valence-corrected chi connectivity index (χ1v) is 11.3. The van der Waals surface area contributed by atoms with E-state index in [1.807, 2.05) is 18.7 Å². The number of amides is 1. The highest BCUT2D eigenvalue weighted by Crippen LogP contribution is 2.28. The fraction of sp³-hybridized carbons (Fsp3) is 0.560. The molecule has 1 aromatic heterocycles. The van der Waals surface area contributed by atoms with Gasteiger partial charge in [0.25, 0.3) is 0 Å². The minimum absolute atomic E-state index is 0.0309. The summed E-state index contributed by atoms with van der Waals surface area (Å²) in [4.78, 5) is 26.6. The number of rotatable bonds is 7. The highest BCUT2D eigenvalue weighted by Gasteiger charge is 2.27. The number of carbonyl (C=O) groups is 1. The van der Waals surface area contributed by atoms with Crippen molar-refractivity contribution < 1.29 is 9.53 Å². The Hall–Kier alpha value is -2.47. The van der Waals surface area contributed by atoms with Crippen molar-refractivity contribution in [1.82, 2.24) is 14.9 Å². The third kappa shape index (κ3) is 5.62. The Bertz CT molecular complexity index is 902. The molecule has 0 atom stereocenters. The lowest BCUT2D eigenvalue weighted by Crippen LogP contribution is -2.50. The Balaban J connectivity index is 1.97. The van der Waals surface area contributed by atoms with Crippen molar-refractivity contribution in [3.63, 3.8) is 0 Å². The van der Waals surface area contributed by atoms with Crippen LogP contribution in [0.4, 0.5) is 5.82 Å². The van der Waals surface area contributed by atoms with E-state index in [1.54, 1.807) is 7.11 Å². The largest absolute Gasteiger partial charge is 0.378 e. The molecule has 2 heterocycles. The van der Waals surface area contributed by atoms with Crippen LogP contribution in [0.25, 0.3) is 0 Å². The monoisotopic (exact) mass is 424 g/mol. The van der Waals surface area contributed by atoms with Crippen LogP contribution in [0.3, 0.4) is 0 Å². The standard InChI is InChI=1S/C25H36N4O2/c1-17(2)23-26-22(16-31-6)21(15-20-9-7-8-19(5)14-20)24(27-23)28-10-12-29(13-11-28)25(30)18(3)4/h7-9,14,17-18H,10-13,15-16H2,1-6H3. The van der Waals surface area contributed by atoms with Crippen molar-refractivity contribution in [3.8, 4) is 0 Å². The highest BCUT2D eigenvalue weighted by atomic mass is 16.5. The second-order valence-corrected chi connectivity index (χ2v) is 9.05. The summed E-state index contributed by atoms with van der Waals surface area (Å²) in [6, 6.07) is 8.59. The number of benzene rings is 1. The summed E-state index contributed by atoms with van der Waals surface area (Å²) in [5.74, 6) is 2.32. The van der Waals surface area contributed by atoms with Crippen LogP contribution in [-0.4, -0.2) is 54.1 Å². The molecule has 6 heteroatoms. The Morgan fingerprint density at radius 1 is 1.10 bits per heavy atom.